The van der Waals surface area contributed by atoms with E-state index in [2.05, 4.69) is 34.3 Å². The van der Waals surface area contributed by atoms with Gasteiger partial charge in [0.05, 0.1) is 5.54 Å². The van der Waals surface area contributed by atoms with E-state index in [9.17, 15) is 0 Å². The summed E-state index contributed by atoms with van der Waals surface area (Å²) in [5.74, 6) is 1.28. The van der Waals surface area contributed by atoms with Gasteiger partial charge >= 0.3 is 0 Å². The molecule has 2 aromatic rings. The van der Waals surface area contributed by atoms with Gasteiger partial charge in [0.15, 0.2) is 0 Å². The van der Waals surface area contributed by atoms with Crippen LogP contribution in [-0.2, 0) is 5.54 Å². The summed E-state index contributed by atoms with van der Waals surface area (Å²) in [5, 5.41) is 7.78. The Bertz CT molecular complexity index is 573. The SMILES string of the molecule is CC(C)NC1(c2nc(-c3ccccn3)no2)CCCCC1. The highest BCUT2D eigenvalue weighted by molar-refractivity contribution is 5.47. The summed E-state index contributed by atoms with van der Waals surface area (Å²) in [6.07, 6.45) is 7.52. The largest absolute Gasteiger partial charge is 0.337 e. The lowest BCUT2D eigenvalue weighted by Crippen LogP contribution is -2.47. The highest BCUT2D eigenvalue weighted by Crippen LogP contribution is 2.37. The molecule has 2 heterocycles. The first-order valence-corrected chi connectivity index (χ1v) is 7.73. The fraction of sp³-hybridized carbons (Fsp3) is 0.562. The lowest BCUT2D eigenvalue weighted by Gasteiger charge is -2.36. The van der Waals surface area contributed by atoms with Crippen molar-refractivity contribution in [3.05, 3.63) is 30.3 Å². The molecule has 0 amide bonds. The van der Waals surface area contributed by atoms with Crippen LogP contribution < -0.4 is 5.32 Å². The van der Waals surface area contributed by atoms with Crippen LogP contribution in [0.2, 0.25) is 0 Å². The molecule has 5 heteroatoms. The molecule has 112 valence electrons. The van der Waals surface area contributed by atoms with Crippen molar-refractivity contribution in [2.45, 2.75) is 57.5 Å². The standard InChI is InChI=1S/C16H22N4O/c1-12(2)19-16(9-5-3-6-10-16)15-18-14(20-21-15)13-8-4-7-11-17-13/h4,7-8,11-12,19H,3,5-6,9-10H2,1-2H3. The summed E-state index contributed by atoms with van der Waals surface area (Å²) in [6.45, 7) is 4.32. The van der Waals surface area contributed by atoms with Crippen LogP contribution in [0.5, 0.6) is 0 Å². The zero-order valence-electron chi connectivity index (χ0n) is 12.7. The Hall–Kier alpha value is -1.75. The number of pyridine rings is 1. The minimum atomic E-state index is -0.174. The fourth-order valence-corrected chi connectivity index (χ4v) is 3.14. The predicted octanol–water partition coefficient (Wildman–Crippen LogP) is 3.29. The molecule has 0 saturated heterocycles. The van der Waals surface area contributed by atoms with E-state index in [4.69, 9.17) is 4.52 Å². The molecule has 1 aliphatic rings. The number of nitrogens with one attached hydrogen (secondary N) is 1. The summed E-state index contributed by atoms with van der Waals surface area (Å²) in [7, 11) is 0. The molecule has 0 unspecified atom stereocenters. The van der Waals surface area contributed by atoms with E-state index in [1.165, 1.54) is 19.3 Å². The van der Waals surface area contributed by atoms with Crippen LogP contribution in [-0.4, -0.2) is 21.2 Å². The van der Waals surface area contributed by atoms with Crippen LogP contribution in [0, 0.1) is 0 Å². The van der Waals surface area contributed by atoms with E-state index in [1.54, 1.807) is 6.20 Å². The maximum Gasteiger partial charge on any atom is 0.247 e. The Balaban J connectivity index is 1.92. The van der Waals surface area contributed by atoms with Crippen LogP contribution in [0.4, 0.5) is 0 Å². The molecule has 0 aromatic carbocycles. The molecule has 0 aliphatic heterocycles. The number of hydrogen-bond donors (Lipinski definition) is 1. The van der Waals surface area contributed by atoms with Gasteiger partial charge in [0, 0.05) is 12.2 Å². The lowest BCUT2D eigenvalue weighted by molar-refractivity contribution is 0.159. The van der Waals surface area contributed by atoms with Gasteiger partial charge in [0.2, 0.25) is 11.7 Å². The highest BCUT2D eigenvalue weighted by atomic mass is 16.5. The van der Waals surface area contributed by atoms with Gasteiger partial charge in [-0.1, -0.05) is 30.5 Å². The summed E-state index contributed by atoms with van der Waals surface area (Å²) >= 11 is 0. The minimum absolute atomic E-state index is 0.174. The van der Waals surface area contributed by atoms with E-state index < -0.39 is 0 Å². The van der Waals surface area contributed by atoms with Crippen LogP contribution >= 0.6 is 0 Å². The molecule has 2 aromatic heterocycles. The Labute approximate surface area is 125 Å². The predicted molar refractivity (Wildman–Crippen MR) is 80.6 cm³/mol. The first-order valence-electron chi connectivity index (χ1n) is 7.73. The van der Waals surface area contributed by atoms with Crippen molar-refractivity contribution in [1.82, 2.24) is 20.4 Å². The van der Waals surface area contributed by atoms with Crippen LogP contribution in [0.3, 0.4) is 0 Å². The zero-order chi connectivity index (χ0) is 14.7. The van der Waals surface area contributed by atoms with Crippen molar-refractivity contribution in [3.8, 4) is 11.5 Å². The average Bonchev–Trinajstić information content (AvgIpc) is 2.99. The molecule has 1 saturated carbocycles. The van der Waals surface area contributed by atoms with Crippen LogP contribution in [0.15, 0.2) is 28.9 Å². The van der Waals surface area contributed by atoms with Gasteiger partial charge in [-0.2, -0.15) is 4.98 Å². The lowest BCUT2D eigenvalue weighted by atomic mass is 9.81. The molecule has 0 bridgehead atoms. The highest BCUT2D eigenvalue weighted by Gasteiger charge is 2.39. The van der Waals surface area contributed by atoms with Gasteiger partial charge in [-0.05, 0) is 38.8 Å². The molecule has 0 atom stereocenters. The van der Waals surface area contributed by atoms with E-state index in [1.807, 2.05) is 18.2 Å². The van der Waals surface area contributed by atoms with Gasteiger partial charge in [-0.3, -0.25) is 4.98 Å². The van der Waals surface area contributed by atoms with E-state index in [-0.39, 0.29) is 5.54 Å². The molecular weight excluding hydrogens is 264 g/mol. The van der Waals surface area contributed by atoms with E-state index >= 15 is 0 Å². The van der Waals surface area contributed by atoms with E-state index in [0.717, 1.165) is 18.5 Å². The fourth-order valence-electron chi connectivity index (χ4n) is 3.14. The molecule has 1 fully saturated rings. The third-order valence-electron chi connectivity index (χ3n) is 4.00. The second-order valence-corrected chi connectivity index (χ2v) is 6.08. The average molecular weight is 286 g/mol. The first-order chi connectivity index (χ1) is 10.2. The third kappa shape index (κ3) is 2.97. The van der Waals surface area contributed by atoms with Crippen molar-refractivity contribution in [2.75, 3.05) is 0 Å². The van der Waals surface area contributed by atoms with Gasteiger partial charge in [0.25, 0.3) is 0 Å². The molecular formula is C16H22N4O. The maximum atomic E-state index is 5.60. The summed E-state index contributed by atoms with van der Waals surface area (Å²) in [5.41, 5.74) is 0.579. The Morgan fingerprint density at radius 2 is 2.00 bits per heavy atom. The van der Waals surface area contributed by atoms with Crippen LogP contribution in [0.1, 0.15) is 51.8 Å². The Morgan fingerprint density at radius 3 is 2.67 bits per heavy atom. The monoisotopic (exact) mass is 286 g/mol. The second kappa shape index (κ2) is 5.93. The van der Waals surface area contributed by atoms with E-state index in [0.29, 0.717) is 17.8 Å². The third-order valence-corrected chi connectivity index (χ3v) is 4.00. The van der Waals surface area contributed by atoms with Crippen LogP contribution in [0.25, 0.3) is 11.5 Å². The molecule has 3 rings (SSSR count). The number of nitrogens with zero attached hydrogens (tertiary/aromatic N) is 3. The quantitative estimate of drug-likeness (QED) is 0.934. The summed E-state index contributed by atoms with van der Waals surface area (Å²) < 4.78 is 5.60. The molecule has 0 radical (unpaired) electrons. The normalized spacial score (nSPS) is 18.0. The smallest absolute Gasteiger partial charge is 0.247 e. The van der Waals surface area contributed by atoms with Crippen molar-refractivity contribution in [1.29, 1.82) is 0 Å². The molecule has 21 heavy (non-hydrogen) atoms. The van der Waals surface area contributed by atoms with Gasteiger partial charge in [0.1, 0.15) is 5.69 Å². The number of rotatable bonds is 4. The zero-order valence-corrected chi connectivity index (χ0v) is 12.7. The van der Waals surface area contributed by atoms with Crippen molar-refractivity contribution in [2.24, 2.45) is 0 Å². The topological polar surface area (TPSA) is 63.8 Å². The van der Waals surface area contributed by atoms with Crippen molar-refractivity contribution >= 4 is 0 Å². The Kier molecular flexibility index (Phi) is 4.01. The maximum absolute atomic E-state index is 5.60. The first kappa shape index (κ1) is 14.2. The number of hydrogen-bond acceptors (Lipinski definition) is 5. The molecule has 0 spiro atoms. The summed E-state index contributed by atoms with van der Waals surface area (Å²) in [6, 6.07) is 6.10. The van der Waals surface area contributed by atoms with Gasteiger partial charge in [-0.25, -0.2) is 0 Å². The van der Waals surface area contributed by atoms with Gasteiger partial charge < -0.3 is 9.84 Å². The molecule has 5 nitrogen and oxygen atoms in total. The number of aromatic nitrogens is 3. The van der Waals surface area contributed by atoms with Gasteiger partial charge in [-0.15, -0.1) is 0 Å². The Morgan fingerprint density at radius 1 is 1.19 bits per heavy atom. The minimum Gasteiger partial charge on any atom is -0.337 e. The molecule has 1 aliphatic carbocycles. The summed E-state index contributed by atoms with van der Waals surface area (Å²) in [4.78, 5) is 8.91. The van der Waals surface area contributed by atoms with Crippen molar-refractivity contribution < 1.29 is 4.52 Å². The second-order valence-electron chi connectivity index (χ2n) is 6.08. The molecule has 1 N–H and O–H groups in total. The van der Waals surface area contributed by atoms with Crippen molar-refractivity contribution in [3.63, 3.8) is 0 Å².